The van der Waals surface area contributed by atoms with Crippen LogP contribution in [0.5, 0.6) is 0 Å². The number of hydrogen-bond donors (Lipinski definition) is 2. The standard InChI is InChI=1S/C23H19ClN2OS/c24-16-9-7-14(8-10-16)23-22-19(25-17-4-1-2-5-18(17)26-23)12-15(13-20(22)27)21-6-3-11-28-21/h1-12,15,22-23,25-26H,13H2. The highest BCUT2D eigenvalue weighted by Crippen LogP contribution is 2.44. The largest absolute Gasteiger partial charge is 0.375 e. The zero-order chi connectivity index (χ0) is 19.1. The lowest BCUT2D eigenvalue weighted by Crippen LogP contribution is -2.33. The number of carbonyl (C=O) groups excluding carboxylic acids is 1. The lowest BCUT2D eigenvalue weighted by molar-refractivity contribution is -0.122. The van der Waals surface area contributed by atoms with Gasteiger partial charge in [0, 0.05) is 27.9 Å². The molecule has 2 heterocycles. The van der Waals surface area contributed by atoms with E-state index >= 15 is 0 Å². The van der Waals surface area contributed by atoms with E-state index < -0.39 is 0 Å². The summed E-state index contributed by atoms with van der Waals surface area (Å²) in [5, 5.41) is 9.92. The van der Waals surface area contributed by atoms with E-state index in [9.17, 15) is 4.79 Å². The van der Waals surface area contributed by atoms with Crippen LogP contribution in [0.15, 0.2) is 77.8 Å². The van der Waals surface area contributed by atoms with Gasteiger partial charge in [-0.2, -0.15) is 0 Å². The van der Waals surface area contributed by atoms with Gasteiger partial charge in [0.15, 0.2) is 0 Å². The van der Waals surface area contributed by atoms with Crippen molar-refractivity contribution in [1.29, 1.82) is 0 Å². The fourth-order valence-electron chi connectivity index (χ4n) is 4.14. The summed E-state index contributed by atoms with van der Waals surface area (Å²) >= 11 is 7.80. The summed E-state index contributed by atoms with van der Waals surface area (Å²) in [6.45, 7) is 0. The van der Waals surface area contributed by atoms with Crippen molar-refractivity contribution >= 4 is 40.1 Å². The maximum Gasteiger partial charge on any atom is 0.145 e. The molecule has 3 nitrogen and oxygen atoms in total. The number of benzene rings is 2. The van der Waals surface area contributed by atoms with Gasteiger partial charge in [-0.3, -0.25) is 4.79 Å². The molecule has 0 radical (unpaired) electrons. The Morgan fingerprint density at radius 2 is 1.75 bits per heavy atom. The van der Waals surface area contributed by atoms with E-state index in [0.29, 0.717) is 11.4 Å². The Bertz CT molecular complexity index is 1040. The predicted octanol–water partition coefficient (Wildman–Crippen LogP) is 6.24. The van der Waals surface area contributed by atoms with Gasteiger partial charge in [0.25, 0.3) is 0 Å². The van der Waals surface area contributed by atoms with Crippen molar-refractivity contribution in [2.45, 2.75) is 18.4 Å². The first-order valence-electron chi connectivity index (χ1n) is 9.35. The van der Waals surface area contributed by atoms with Crippen molar-refractivity contribution in [3.8, 4) is 0 Å². The van der Waals surface area contributed by atoms with Crippen molar-refractivity contribution < 1.29 is 4.79 Å². The molecule has 2 N–H and O–H groups in total. The number of Topliss-reactive ketones (excluding diaryl/α,β-unsaturated/α-hetero) is 1. The third-order valence-electron chi connectivity index (χ3n) is 5.47. The van der Waals surface area contributed by atoms with Gasteiger partial charge in [0.05, 0.1) is 23.3 Å². The number of allylic oxidation sites excluding steroid dienone is 1. The van der Waals surface area contributed by atoms with Gasteiger partial charge in [0.2, 0.25) is 0 Å². The van der Waals surface area contributed by atoms with Crippen molar-refractivity contribution in [2.75, 3.05) is 10.6 Å². The number of anilines is 2. The number of para-hydroxylation sites is 2. The van der Waals surface area contributed by atoms with Crippen LogP contribution in [0.3, 0.4) is 0 Å². The Labute approximate surface area is 173 Å². The van der Waals surface area contributed by atoms with Crippen LogP contribution in [0.2, 0.25) is 5.02 Å². The minimum Gasteiger partial charge on any atom is -0.375 e. The zero-order valence-electron chi connectivity index (χ0n) is 15.1. The van der Waals surface area contributed by atoms with Crippen molar-refractivity contribution in [3.05, 3.63) is 93.3 Å². The lowest BCUT2D eigenvalue weighted by Gasteiger charge is -2.32. The smallest absolute Gasteiger partial charge is 0.145 e. The molecule has 0 amide bonds. The van der Waals surface area contributed by atoms with Crippen LogP contribution >= 0.6 is 22.9 Å². The molecule has 2 aliphatic rings. The molecule has 1 aliphatic heterocycles. The van der Waals surface area contributed by atoms with E-state index in [1.807, 2.05) is 54.6 Å². The molecule has 0 saturated heterocycles. The fourth-order valence-corrected chi connectivity index (χ4v) is 5.06. The van der Waals surface area contributed by atoms with Crippen LogP contribution in [-0.2, 0) is 4.79 Å². The maximum absolute atomic E-state index is 13.3. The highest BCUT2D eigenvalue weighted by Gasteiger charge is 2.39. The van der Waals surface area contributed by atoms with Crippen LogP contribution in [-0.4, -0.2) is 5.78 Å². The molecule has 1 aromatic heterocycles. The van der Waals surface area contributed by atoms with Crippen LogP contribution in [0.1, 0.15) is 28.8 Å². The lowest BCUT2D eigenvalue weighted by atomic mass is 9.78. The summed E-state index contributed by atoms with van der Waals surface area (Å²) in [5.41, 5.74) is 4.03. The predicted molar refractivity (Wildman–Crippen MR) is 116 cm³/mol. The number of ketones is 1. The second-order valence-electron chi connectivity index (χ2n) is 7.24. The second kappa shape index (κ2) is 7.12. The molecule has 2 aromatic carbocycles. The SMILES string of the molecule is O=C1CC(c2cccs2)C=C2Nc3ccccc3NC(c3ccc(Cl)cc3)C12. The third kappa shape index (κ3) is 3.13. The summed E-state index contributed by atoms with van der Waals surface area (Å²) in [6, 6.07) is 19.9. The molecule has 5 rings (SSSR count). The first kappa shape index (κ1) is 17.5. The molecular weight excluding hydrogens is 388 g/mol. The van der Waals surface area contributed by atoms with Gasteiger partial charge in [-0.15, -0.1) is 11.3 Å². The summed E-state index contributed by atoms with van der Waals surface area (Å²) in [6.07, 6.45) is 2.77. The number of fused-ring (bicyclic) bond motifs is 2. The fraction of sp³-hybridized carbons (Fsp3) is 0.174. The second-order valence-corrected chi connectivity index (χ2v) is 8.65. The van der Waals surface area contributed by atoms with Crippen LogP contribution in [0, 0.1) is 5.92 Å². The Morgan fingerprint density at radius 1 is 0.964 bits per heavy atom. The molecule has 28 heavy (non-hydrogen) atoms. The van der Waals surface area contributed by atoms with Gasteiger partial charge in [0.1, 0.15) is 5.78 Å². The van der Waals surface area contributed by atoms with E-state index in [-0.39, 0.29) is 23.7 Å². The van der Waals surface area contributed by atoms with Gasteiger partial charge in [-0.1, -0.05) is 48.0 Å². The molecule has 3 aromatic rings. The first-order valence-corrected chi connectivity index (χ1v) is 10.6. The Balaban J connectivity index is 1.63. The molecule has 0 spiro atoms. The number of carbonyl (C=O) groups is 1. The molecule has 3 unspecified atom stereocenters. The van der Waals surface area contributed by atoms with Gasteiger partial charge < -0.3 is 10.6 Å². The molecule has 3 atom stereocenters. The summed E-state index contributed by atoms with van der Waals surface area (Å²) in [5.74, 6) is 0.121. The Morgan fingerprint density at radius 3 is 2.50 bits per heavy atom. The van der Waals surface area contributed by atoms with Crippen molar-refractivity contribution in [3.63, 3.8) is 0 Å². The zero-order valence-corrected chi connectivity index (χ0v) is 16.6. The number of halogens is 1. The monoisotopic (exact) mass is 406 g/mol. The van der Waals surface area contributed by atoms with Gasteiger partial charge >= 0.3 is 0 Å². The average molecular weight is 407 g/mol. The van der Waals surface area contributed by atoms with E-state index in [1.165, 1.54) is 4.88 Å². The number of nitrogens with one attached hydrogen (secondary N) is 2. The van der Waals surface area contributed by atoms with Crippen molar-refractivity contribution in [2.24, 2.45) is 5.92 Å². The van der Waals surface area contributed by atoms with Crippen LogP contribution < -0.4 is 10.6 Å². The van der Waals surface area contributed by atoms with E-state index in [1.54, 1.807) is 11.3 Å². The minimum absolute atomic E-state index is 0.127. The summed E-state index contributed by atoms with van der Waals surface area (Å²) in [7, 11) is 0. The number of hydrogen-bond acceptors (Lipinski definition) is 4. The molecule has 0 fully saturated rings. The minimum atomic E-state index is -0.259. The Hall–Kier alpha value is -2.56. The molecule has 0 saturated carbocycles. The number of thiophene rings is 1. The number of rotatable bonds is 2. The third-order valence-corrected chi connectivity index (χ3v) is 6.73. The van der Waals surface area contributed by atoms with E-state index in [4.69, 9.17) is 11.6 Å². The molecule has 140 valence electrons. The highest BCUT2D eigenvalue weighted by atomic mass is 35.5. The molecule has 5 heteroatoms. The van der Waals surface area contributed by atoms with Crippen LogP contribution in [0.25, 0.3) is 0 Å². The normalized spacial score (nSPS) is 23.5. The van der Waals surface area contributed by atoms with Crippen LogP contribution in [0.4, 0.5) is 11.4 Å². The van der Waals surface area contributed by atoms with E-state index in [2.05, 4.69) is 28.2 Å². The highest BCUT2D eigenvalue weighted by molar-refractivity contribution is 7.10. The first-order chi connectivity index (χ1) is 13.7. The summed E-state index contributed by atoms with van der Waals surface area (Å²) < 4.78 is 0. The summed E-state index contributed by atoms with van der Waals surface area (Å²) in [4.78, 5) is 14.6. The quantitative estimate of drug-likeness (QED) is 0.529. The van der Waals surface area contributed by atoms with Gasteiger partial charge in [-0.25, -0.2) is 0 Å². The van der Waals surface area contributed by atoms with E-state index in [0.717, 1.165) is 22.6 Å². The Kier molecular flexibility index (Phi) is 4.46. The average Bonchev–Trinajstić information content (AvgIpc) is 3.18. The topological polar surface area (TPSA) is 41.1 Å². The molecule has 1 aliphatic carbocycles. The van der Waals surface area contributed by atoms with Crippen molar-refractivity contribution in [1.82, 2.24) is 0 Å². The molecular formula is C23H19ClN2OS. The van der Waals surface area contributed by atoms with Gasteiger partial charge in [-0.05, 0) is 41.3 Å². The maximum atomic E-state index is 13.3. The molecule has 0 bridgehead atoms.